The Morgan fingerprint density at radius 3 is 2.40 bits per heavy atom. The van der Waals surface area contributed by atoms with Crippen molar-refractivity contribution in [2.24, 2.45) is 5.92 Å². The molecule has 1 aliphatic rings. The first-order valence-corrected chi connectivity index (χ1v) is 7.00. The minimum Gasteiger partial charge on any atom is -0.465 e. The molecule has 1 aliphatic carbocycles. The lowest BCUT2D eigenvalue weighted by atomic mass is 9.83. The van der Waals surface area contributed by atoms with E-state index in [0.29, 0.717) is 19.3 Å². The molecule has 0 aromatic rings. The fraction of sp³-hybridized carbons (Fsp3) is 0.857. The summed E-state index contributed by atoms with van der Waals surface area (Å²) in [4.78, 5) is 21.9. The molecule has 0 unspecified atom stereocenters. The largest absolute Gasteiger partial charge is 0.465 e. The van der Waals surface area contributed by atoms with Crippen LogP contribution in [0.5, 0.6) is 0 Å². The average molecular weight is 289 g/mol. The second-order valence-electron chi connectivity index (χ2n) is 6.18. The molecule has 0 heterocycles. The summed E-state index contributed by atoms with van der Waals surface area (Å²) in [6, 6.07) is -0.540. The maximum atomic E-state index is 13.1. The molecule has 1 atom stereocenters. The van der Waals surface area contributed by atoms with Crippen molar-refractivity contribution in [2.75, 3.05) is 6.67 Å². The third-order valence-electron chi connectivity index (χ3n) is 3.40. The summed E-state index contributed by atoms with van der Waals surface area (Å²) in [5.41, 5.74) is -0.597. The molecule has 5 nitrogen and oxygen atoms in total. The number of amides is 1. The predicted molar refractivity (Wildman–Crippen MR) is 72.0 cm³/mol. The lowest BCUT2D eigenvalue weighted by Crippen LogP contribution is -2.45. The van der Waals surface area contributed by atoms with Crippen LogP contribution < -0.4 is 5.32 Å². The van der Waals surface area contributed by atoms with Crippen LogP contribution in [-0.4, -0.2) is 37.0 Å². The third kappa shape index (κ3) is 5.75. The average Bonchev–Trinajstić information content (AvgIpc) is 2.35. The number of carbonyl (C=O) groups is 2. The minimum atomic E-state index is -0.622. The van der Waals surface area contributed by atoms with Crippen molar-refractivity contribution in [2.45, 2.75) is 64.2 Å². The van der Waals surface area contributed by atoms with E-state index in [1.807, 2.05) is 0 Å². The van der Waals surface area contributed by atoms with Gasteiger partial charge in [-0.3, -0.25) is 4.79 Å². The Morgan fingerprint density at radius 2 is 1.95 bits per heavy atom. The van der Waals surface area contributed by atoms with Crippen molar-refractivity contribution in [1.29, 1.82) is 0 Å². The van der Waals surface area contributed by atoms with E-state index in [-0.39, 0.29) is 12.0 Å². The Morgan fingerprint density at radius 1 is 1.35 bits per heavy atom. The SMILES string of the molecule is CC(C)(C)OC(=O)N[C@H](CF)C1CCC(OC=O)CC1. The first-order chi connectivity index (χ1) is 9.35. The minimum absolute atomic E-state index is 0.0546. The topological polar surface area (TPSA) is 64.6 Å². The molecule has 0 bridgehead atoms. The molecule has 0 radical (unpaired) electrons. The molecule has 0 spiro atoms. The second kappa shape index (κ2) is 7.45. The number of nitrogens with one attached hydrogen (secondary N) is 1. The molecular formula is C14H24FNO4. The third-order valence-corrected chi connectivity index (χ3v) is 3.40. The van der Waals surface area contributed by atoms with E-state index in [1.165, 1.54) is 0 Å². The number of alkyl halides is 1. The highest BCUT2D eigenvalue weighted by molar-refractivity contribution is 5.68. The normalized spacial score (nSPS) is 24.6. The lowest BCUT2D eigenvalue weighted by molar-refractivity contribution is -0.135. The van der Waals surface area contributed by atoms with Crippen LogP contribution >= 0.6 is 0 Å². The van der Waals surface area contributed by atoms with Gasteiger partial charge in [-0.05, 0) is 52.4 Å². The maximum Gasteiger partial charge on any atom is 0.407 e. The summed E-state index contributed by atoms with van der Waals surface area (Å²) >= 11 is 0. The van der Waals surface area contributed by atoms with Gasteiger partial charge in [0, 0.05) is 0 Å². The number of carbonyl (C=O) groups excluding carboxylic acids is 2. The van der Waals surface area contributed by atoms with Gasteiger partial charge < -0.3 is 14.8 Å². The number of hydrogen-bond acceptors (Lipinski definition) is 4. The Labute approximate surface area is 119 Å². The maximum absolute atomic E-state index is 13.1. The van der Waals surface area contributed by atoms with Gasteiger partial charge in [-0.2, -0.15) is 0 Å². The number of halogens is 1. The highest BCUT2D eigenvalue weighted by Crippen LogP contribution is 2.28. The molecule has 0 saturated heterocycles. The fourth-order valence-corrected chi connectivity index (χ4v) is 2.45. The van der Waals surface area contributed by atoms with Crippen LogP contribution in [0, 0.1) is 5.92 Å². The Kier molecular flexibility index (Phi) is 6.23. The Balaban J connectivity index is 2.43. The first-order valence-electron chi connectivity index (χ1n) is 7.00. The fourth-order valence-electron chi connectivity index (χ4n) is 2.45. The van der Waals surface area contributed by atoms with Crippen molar-refractivity contribution < 1.29 is 23.5 Å². The summed E-state index contributed by atoms with van der Waals surface area (Å²) in [5.74, 6) is 0.0546. The lowest BCUT2D eigenvalue weighted by Gasteiger charge is -2.32. The van der Waals surface area contributed by atoms with Gasteiger partial charge in [0.2, 0.25) is 0 Å². The highest BCUT2D eigenvalue weighted by Gasteiger charge is 2.30. The molecule has 20 heavy (non-hydrogen) atoms. The van der Waals surface area contributed by atoms with E-state index in [2.05, 4.69) is 5.32 Å². The highest BCUT2D eigenvalue weighted by atomic mass is 19.1. The number of hydrogen-bond donors (Lipinski definition) is 1. The van der Waals surface area contributed by atoms with Crippen molar-refractivity contribution in [3.05, 3.63) is 0 Å². The zero-order chi connectivity index (χ0) is 15.2. The molecule has 1 fully saturated rings. The van der Waals surface area contributed by atoms with E-state index < -0.39 is 24.4 Å². The van der Waals surface area contributed by atoms with E-state index in [0.717, 1.165) is 12.8 Å². The molecule has 1 saturated carbocycles. The predicted octanol–water partition coefficient (Wildman–Crippen LogP) is 2.58. The summed E-state index contributed by atoms with van der Waals surface area (Å²) in [5, 5.41) is 2.59. The van der Waals surface area contributed by atoms with Crippen LogP contribution in [-0.2, 0) is 14.3 Å². The standard InChI is InChI=1S/C14H24FNO4/c1-14(2,3)20-13(18)16-12(8-15)10-4-6-11(7-5-10)19-9-17/h9-12H,4-8H2,1-3H3,(H,16,18)/t10?,11?,12-/m1/s1. The quantitative estimate of drug-likeness (QED) is 0.790. The second-order valence-corrected chi connectivity index (χ2v) is 6.18. The summed E-state index contributed by atoms with van der Waals surface area (Å²) in [6.45, 7) is 5.12. The van der Waals surface area contributed by atoms with Crippen LogP contribution in [0.4, 0.5) is 9.18 Å². The number of rotatable bonds is 5. The summed E-state index contributed by atoms with van der Waals surface area (Å²) in [7, 11) is 0. The Hall–Kier alpha value is -1.33. The van der Waals surface area contributed by atoms with Crippen LogP contribution in [0.1, 0.15) is 46.5 Å². The Bertz CT molecular complexity index is 322. The summed E-state index contributed by atoms with van der Waals surface area (Å²) < 4.78 is 23.2. The van der Waals surface area contributed by atoms with Gasteiger partial charge in [-0.15, -0.1) is 0 Å². The molecule has 1 rings (SSSR count). The molecule has 0 aromatic carbocycles. The molecular weight excluding hydrogens is 265 g/mol. The van der Waals surface area contributed by atoms with Gasteiger partial charge in [0.05, 0.1) is 6.04 Å². The van der Waals surface area contributed by atoms with E-state index >= 15 is 0 Å². The van der Waals surface area contributed by atoms with Gasteiger partial charge in [0.25, 0.3) is 6.47 Å². The zero-order valence-corrected chi connectivity index (χ0v) is 12.4. The van der Waals surface area contributed by atoms with E-state index in [1.54, 1.807) is 20.8 Å². The van der Waals surface area contributed by atoms with Crippen molar-refractivity contribution in [1.82, 2.24) is 5.32 Å². The van der Waals surface area contributed by atoms with Gasteiger partial charge in [0.1, 0.15) is 18.4 Å². The van der Waals surface area contributed by atoms with Crippen molar-refractivity contribution in [3.8, 4) is 0 Å². The smallest absolute Gasteiger partial charge is 0.407 e. The summed E-state index contributed by atoms with van der Waals surface area (Å²) in [6.07, 6.45) is 2.19. The van der Waals surface area contributed by atoms with Gasteiger partial charge in [0.15, 0.2) is 0 Å². The monoisotopic (exact) mass is 289 g/mol. The molecule has 1 N–H and O–H groups in total. The van der Waals surface area contributed by atoms with Gasteiger partial charge in [-0.25, -0.2) is 9.18 Å². The first kappa shape index (κ1) is 16.7. The van der Waals surface area contributed by atoms with Gasteiger partial charge >= 0.3 is 6.09 Å². The van der Waals surface area contributed by atoms with Crippen molar-refractivity contribution in [3.63, 3.8) is 0 Å². The zero-order valence-electron chi connectivity index (χ0n) is 12.4. The van der Waals surface area contributed by atoms with E-state index in [4.69, 9.17) is 9.47 Å². The van der Waals surface area contributed by atoms with Gasteiger partial charge in [-0.1, -0.05) is 0 Å². The molecule has 1 amide bonds. The van der Waals surface area contributed by atoms with Crippen molar-refractivity contribution >= 4 is 12.6 Å². The molecule has 0 aromatic heterocycles. The molecule has 0 aliphatic heterocycles. The number of ether oxygens (including phenoxy) is 2. The van der Waals surface area contributed by atoms with Crippen LogP contribution in [0.15, 0.2) is 0 Å². The van der Waals surface area contributed by atoms with E-state index in [9.17, 15) is 14.0 Å². The van der Waals surface area contributed by atoms with Crippen LogP contribution in [0.2, 0.25) is 0 Å². The molecule has 6 heteroatoms. The van der Waals surface area contributed by atoms with Crippen LogP contribution in [0.3, 0.4) is 0 Å². The molecule has 116 valence electrons. The van der Waals surface area contributed by atoms with Crippen LogP contribution in [0.25, 0.3) is 0 Å². The number of alkyl carbamates (subject to hydrolysis) is 1.